The van der Waals surface area contributed by atoms with Crippen LogP contribution >= 0.6 is 35.1 Å². The molecule has 2 aromatic carbocycles. The minimum absolute atomic E-state index is 0.236. The van der Waals surface area contributed by atoms with Gasteiger partial charge in [0.15, 0.2) is 0 Å². The van der Waals surface area contributed by atoms with Crippen LogP contribution in [0.4, 0.5) is 0 Å². The van der Waals surface area contributed by atoms with Gasteiger partial charge in [0.25, 0.3) is 0 Å². The minimum Gasteiger partial charge on any atom is -0.378 e. The van der Waals surface area contributed by atoms with Crippen molar-refractivity contribution in [3.63, 3.8) is 0 Å². The summed E-state index contributed by atoms with van der Waals surface area (Å²) in [4.78, 5) is 3.47. The molecule has 6 nitrogen and oxygen atoms in total. The van der Waals surface area contributed by atoms with Gasteiger partial charge >= 0.3 is 0 Å². The van der Waals surface area contributed by atoms with E-state index < -0.39 is 0 Å². The number of rotatable bonds is 14. The zero-order valence-corrected chi connectivity index (χ0v) is 21.4. The van der Waals surface area contributed by atoms with Crippen LogP contribution in [0, 0.1) is 0 Å². The molecule has 33 heavy (non-hydrogen) atoms. The number of nitrogens with zero attached hydrogens (tertiary/aromatic N) is 1. The van der Waals surface area contributed by atoms with Crippen LogP contribution in [0.2, 0.25) is 10.0 Å². The van der Waals surface area contributed by atoms with Crippen molar-refractivity contribution in [2.24, 2.45) is 5.73 Å². The number of hydrogen-bond donors (Lipinski definition) is 2. The third-order valence-corrected chi connectivity index (χ3v) is 6.69. The normalized spacial score (nSPS) is 16.2. The summed E-state index contributed by atoms with van der Waals surface area (Å²) < 4.78 is 19.7. The maximum atomic E-state index is 6.51. The molecule has 0 saturated heterocycles. The van der Waals surface area contributed by atoms with Crippen molar-refractivity contribution in [3.8, 4) is 0 Å². The van der Waals surface area contributed by atoms with Gasteiger partial charge in [0.2, 0.25) is 0 Å². The molecule has 1 atom stereocenters. The van der Waals surface area contributed by atoms with E-state index >= 15 is 0 Å². The first-order valence-electron chi connectivity index (χ1n) is 11.2. The molecule has 1 aliphatic rings. The second-order valence-electron chi connectivity index (χ2n) is 7.90. The lowest BCUT2D eigenvalue weighted by atomic mass is 9.85. The average molecular weight is 515 g/mol. The fourth-order valence-electron chi connectivity index (χ4n) is 3.80. The molecule has 3 N–H and O–H groups in total. The fourth-order valence-corrected chi connectivity index (χ4v) is 5.06. The first-order chi connectivity index (χ1) is 16.1. The second kappa shape index (κ2) is 14.5. The quantitative estimate of drug-likeness (QED) is 0.290. The summed E-state index contributed by atoms with van der Waals surface area (Å²) in [5.41, 5.74) is 9.01. The van der Waals surface area contributed by atoms with E-state index in [1.54, 1.807) is 11.9 Å². The Kier molecular flexibility index (Phi) is 11.8. The van der Waals surface area contributed by atoms with Crippen molar-refractivity contribution in [2.75, 3.05) is 66.3 Å². The van der Waals surface area contributed by atoms with Crippen molar-refractivity contribution in [3.05, 3.63) is 63.1 Å². The van der Waals surface area contributed by atoms with Crippen LogP contribution in [0.3, 0.4) is 0 Å². The molecule has 1 unspecified atom stereocenters. The lowest BCUT2D eigenvalue weighted by Gasteiger charge is -2.33. The molecule has 0 radical (unpaired) electrons. The van der Waals surface area contributed by atoms with Crippen LogP contribution in [0.5, 0.6) is 0 Å². The molecule has 1 aliphatic heterocycles. The number of nitrogens with one attached hydrogen (secondary N) is 1. The average Bonchev–Trinajstić information content (AvgIpc) is 2.80. The van der Waals surface area contributed by atoms with E-state index in [1.165, 1.54) is 16.7 Å². The molecule has 3 rings (SSSR count). The highest BCUT2D eigenvalue weighted by atomic mass is 35.5. The standard InChI is InChI=1S/C24H33Cl2N3O3S/c1-29-16-22(21-14-19(25)15-24(26)23(21)17-29)18-3-2-4-20(13-18)33-28-6-8-31-10-12-32-11-9-30-7-5-27/h2-4,13-15,22,28H,5-12,16-17,27H2,1H3. The number of ether oxygens (including phenoxy) is 3. The third-order valence-electron chi connectivity index (χ3n) is 5.30. The van der Waals surface area contributed by atoms with Gasteiger partial charge in [-0.15, -0.1) is 0 Å². The van der Waals surface area contributed by atoms with E-state index in [1.807, 2.05) is 6.07 Å². The summed E-state index contributed by atoms with van der Waals surface area (Å²) in [7, 11) is 2.13. The predicted octanol–water partition coefficient (Wildman–Crippen LogP) is 4.18. The van der Waals surface area contributed by atoms with Crippen molar-refractivity contribution < 1.29 is 14.2 Å². The van der Waals surface area contributed by atoms with Crippen LogP contribution in [0.1, 0.15) is 22.6 Å². The van der Waals surface area contributed by atoms with Gasteiger partial charge in [0.1, 0.15) is 0 Å². The SMILES string of the molecule is CN1Cc2c(Cl)cc(Cl)cc2C(c2cccc(SNCCOCCOCCOCCN)c2)C1. The number of fused-ring (bicyclic) bond motifs is 1. The summed E-state index contributed by atoms with van der Waals surface area (Å²) in [5.74, 6) is 0.236. The molecule has 0 saturated carbocycles. The Morgan fingerprint density at radius 3 is 2.52 bits per heavy atom. The lowest BCUT2D eigenvalue weighted by molar-refractivity contribution is 0.0172. The van der Waals surface area contributed by atoms with Crippen molar-refractivity contribution in [2.45, 2.75) is 17.4 Å². The first kappa shape index (κ1) is 26.7. The van der Waals surface area contributed by atoms with Gasteiger partial charge in [0.05, 0.1) is 39.6 Å². The largest absolute Gasteiger partial charge is 0.378 e. The summed E-state index contributed by atoms with van der Waals surface area (Å²) in [6.45, 7) is 6.50. The molecule has 9 heteroatoms. The summed E-state index contributed by atoms with van der Waals surface area (Å²) in [6.07, 6.45) is 0. The third kappa shape index (κ3) is 8.69. The van der Waals surface area contributed by atoms with Crippen molar-refractivity contribution in [1.82, 2.24) is 9.62 Å². The number of hydrogen-bond acceptors (Lipinski definition) is 7. The Bertz CT molecular complexity index is 875. The van der Waals surface area contributed by atoms with E-state index in [2.05, 4.69) is 47.0 Å². The van der Waals surface area contributed by atoms with E-state index in [4.69, 9.17) is 43.1 Å². The summed E-state index contributed by atoms with van der Waals surface area (Å²) in [6, 6.07) is 12.5. The van der Waals surface area contributed by atoms with Crippen LogP contribution in [0.15, 0.2) is 41.3 Å². The number of benzene rings is 2. The lowest BCUT2D eigenvalue weighted by Crippen LogP contribution is -2.31. The Morgan fingerprint density at radius 1 is 1.03 bits per heavy atom. The highest BCUT2D eigenvalue weighted by Gasteiger charge is 2.27. The molecule has 0 spiro atoms. The minimum atomic E-state index is 0.236. The van der Waals surface area contributed by atoms with Crippen LogP contribution < -0.4 is 10.5 Å². The van der Waals surface area contributed by atoms with Crippen molar-refractivity contribution >= 4 is 35.1 Å². The number of likely N-dealkylation sites (N-methyl/N-ethyl adjacent to an activating group) is 1. The van der Waals surface area contributed by atoms with Gasteiger partial charge in [-0.3, -0.25) is 4.72 Å². The molecular formula is C24H33Cl2N3O3S. The first-order valence-corrected chi connectivity index (χ1v) is 12.7. The van der Waals surface area contributed by atoms with Gasteiger partial charge in [-0.05, 0) is 60.0 Å². The highest BCUT2D eigenvalue weighted by Crippen LogP contribution is 2.39. The monoisotopic (exact) mass is 513 g/mol. The molecule has 182 valence electrons. The molecule has 1 heterocycles. The molecule has 2 aromatic rings. The Morgan fingerprint density at radius 2 is 1.76 bits per heavy atom. The van der Waals surface area contributed by atoms with Crippen molar-refractivity contribution in [1.29, 1.82) is 0 Å². The molecule has 0 bridgehead atoms. The van der Waals surface area contributed by atoms with E-state index in [-0.39, 0.29) is 5.92 Å². The van der Waals surface area contributed by atoms with Crippen LogP contribution in [0.25, 0.3) is 0 Å². The van der Waals surface area contributed by atoms with Crippen LogP contribution in [-0.4, -0.2) is 71.2 Å². The van der Waals surface area contributed by atoms with Gasteiger partial charge in [0, 0.05) is 47.0 Å². The molecular weight excluding hydrogens is 481 g/mol. The Labute approximate surface area is 211 Å². The Balaban J connectivity index is 1.42. The Hall–Kier alpha value is -0.870. The highest BCUT2D eigenvalue weighted by molar-refractivity contribution is 7.97. The summed E-state index contributed by atoms with van der Waals surface area (Å²) in [5, 5.41) is 1.43. The predicted molar refractivity (Wildman–Crippen MR) is 136 cm³/mol. The fraction of sp³-hybridized carbons (Fsp3) is 0.500. The van der Waals surface area contributed by atoms with Crippen LogP contribution in [-0.2, 0) is 20.8 Å². The van der Waals surface area contributed by atoms with E-state index in [9.17, 15) is 0 Å². The smallest absolute Gasteiger partial charge is 0.0701 e. The summed E-state index contributed by atoms with van der Waals surface area (Å²) >= 11 is 14.4. The van der Waals surface area contributed by atoms with Gasteiger partial charge in [-0.1, -0.05) is 35.3 Å². The zero-order chi connectivity index (χ0) is 23.5. The zero-order valence-electron chi connectivity index (χ0n) is 19.0. The molecule has 0 aliphatic carbocycles. The number of nitrogens with two attached hydrogens (primary N) is 1. The maximum absolute atomic E-state index is 6.51. The maximum Gasteiger partial charge on any atom is 0.0701 e. The topological polar surface area (TPSA) is 69.0 Å². The second-order valence-corrected chi connectivity index (χ2v) is 9.71. The number of halogens is 2. The van der Waals surface area contributed by atoms with E-state index in [0.29, 0.717) is 51.2 Å². The molecule has 0 amide bonds. The van der Waals surface area contributed by atoms with Gasteiger partial charge in [-0.25, -0.2) is 0 Å². The van der Waals surface area contributed by atoms with Gasteiger partial charge in [-0.2, -0.15) is 0 Å². The molecule has 0 aromatic heterocycles. The molecule has 0 fully saturated rings. The van der Waals surface area contributed by atoms with Gasteiger partial charge < -0.3 is 24.8 Å². The van der Waals surface area contributed by atoms with E-state index in [0.717, 1.165) is 29.6 Å².